The number of imidazole rings is 1. The number of nitrogens with zero attached hydrogens (tertiary/aromatic N) is 5. The Bertz CT molecular complexity index is 3060. The highest BCUT2D eigenvalue weighted by atomic mass is 31.2. The van der Waals surface area contributed by atoms with Gasteiger partial charge in [0.1, 0.15) is 49.8 Å². The van der Waals surface area contributed by atoms with Crippen molar-refractivity contribution in [1.29, 1.82) is 0 Å². The fourth-order valence-electron chi connectivity index (χ4n) is 11.0. The molecule has 11 rings (SSSR count). The number of nitrogens with one attached hydrogen (secondary N) is 1. The molecule has 3 aliphatic rings. The summed E-state index contributed by atoms with van der Waals surface area (Å²) in [6.45, 7) is 3.37. The van der Waals surface area contributed by atoms with Gasteiger partial charge in [0.2, 0.25) is 0 Å². The summed E-state index contributed by atoms with van der Waals surface area (Å²) in [6, 6.07) is 58.1. The molecule has 8 aromatic rings. The van der Waals surface area contributed by atoms with Crippen LogP contribution in [0.3, 0.4) is 0 Å². The Kier molecular flexibility index (Phi) is 14.5. The number of rotatable bonds is 18. The number of aromatic nitrogens is 4. The van der Waals surface area contributed by atoms with E-state index in [1.807, 2.05) is 89.5 Å². The van der Waals surface area contributed by atoms with Gasteiger partial charge >= 0.3 is 0 Å². The normalized spacial score (nSPS) is 21.9. The number of amides is 1. The minimum absolute atomic E-state index is 0.0526. The lowest BCUT2D eigenvalue weighted by atomic mass is 9.80. The summed E-state index contributed by atoms with van der Waals surface area (Å²) in [7, 11) is 1.07. The van der Waals surface area contributed by atoms with Crippen LogP contribution in [0.4, 0.5) is 5.82 Å². The highest BCUT2D eigenvalue weighted by Gasteiger charge is 2.55. The molecule has 7 atom stereocenters. The number of carbonyl (C=O) groups is 1. The van der Waals surface area contributed by atoms with Crippen LogP contribution in [0.1, 0.15) is 46.1 Å². The van der Waals surface area contributed by atoms with E-state index >= 15 is 0 Å². The molecule has 3 fully saturated rings. The minimum atomic E-state index is -2.32. The van der Waals surface area contributed by atoms with E-state index in [0.29, 0.717) is 16.7 Å². The van der Waals surface area contributed by atoms with Gasteiger partial charge in [-0.05, 0) is 72.0 Å². The summed E-state index contributed by atoms with van der Waals surface area (Å²) in [5.74, 6) is 1.39. The molecule has 0 bridgehead atoms. The van der Waals surface area contributed by atoms with Gasteiger partial charge in [0.05, 0.1) is 33.3 Å². The molecule has 6 aromatic carbocycles. The van der Waals surface area contributed by atoms with Gasteiger partial charge in [-0.25, -0.2) is 19.6 Å². The zero-order chi connectivity index (χ0) is 50.7. The molecule has 3 saturated heterocycles. The highest BCUT2D eigenvalue weighted by molar-refractivity contribution is 7.45. The molecule has 1 amide bonds. The lowest BCUT2D eigenvalue weighted by molar-refractivity contribution is -0.0935. The molecular formula is C58H59N6O8PSi. The highest BCUT2D eigenvalue weighted by Crippen LogP contribution is 2.59. The van der Waals surface area contributed by atoms with Crippen LogP contribution in [-0.2, 0) is 28.9 Å². The van der Waals surface area contributed by atoms with Crippen molar-refractivity contribution in [1.82, 2.24) is 24.2 Å². The average Bonchev–Trinajstić information content (AvgIpc) is 4.28. The number of carbonyl (C=O) groups excluding carboxylic acids is 1. The predicted molar refractivity (Wildman–Crippen MR) is 288 cm³/mol. The first-order valence-corrected chi connectivity index (χ1v) is 28.9. The number of methoxy groups -OCH3 is 3. The van der Waals surface area contributed by atoms with Crippen LogP contribution in [0.25, 0.3) is 11.2 Å². The van der Waals surface area contributed by atoms with Crippen molar-refractivity contribution in [3.05, 3.63) is 205 Å². The van der Waals surface area contributed by atoms with E-state index in [1.165, 1.54) is 16.7 Å². The van der Waals surface area contributed by atoms with Crippen LogP contribution in [0, 0.1) is 0 Å². The summed E-state index contributed by atoms with van der Waals surface area (Å²) in [5.41, 5.74) is 2.83. The van der Waals surface area contributed by atoms with E-state index in [0.717, 1.165) is 53.6 Å². The number of hydrogen-bond acceptors (Lipinski definition) is 12. The first-order valence-electron chi connectivity index (χ1n) is 25.0. The molecule has 1 N–H and O–H groups in total. The molecule has 378 valence electrons. The van der Waals surface area contributed by atoms with Gasteiger partial charge < -0.3 is 38.0 Å². The molecule has 2 aromatic heterocycles. The minimum Gasteiger partial charge on any atom is -0.497 e. The summed E-state index contributed by atoms with van der Waals surface area (Å²) >= 11 is 0. The molecule has 3 aliphatic heterocycles. The van der Waals surface area contributed by atoms with Crippen molar-refractivity contribution < 1.29 is 37.5 Å². The Morgan fingerprint density at radius 3 is 1.89 bits per heavy atom. The third kappa shape index (κ3) is 9.43. The average molecular weight is 1030 g/mol. The van der Waals surface area contributed by atoms with Crippen LogP contribution in [0.2, 0.25) is 12.6 Å². The maximum Gasteiger partial charge on any atom is 0.259 e. The maximum atomic E-state index is 13.4. The first kappa shape index (κ1) is 49.6. The SMILES string of the molecule is COc1ccc(C(OC[C@H]2O[C@@H](n3cnc4c(NC(=O)c5ccccc5)ncnc43)[C@H](OC)[C@@H]2O[P@@]2O[C@H](C[Si](C)(c3ccccc3)c3ccccc3)[C@@H]3CCCN32)(c2ccccc2)c2ccc(OC)cc2)cc1. The summed E-state index contributed by atoms with van der Waals surface area (Å²) in [4.78, 5) is 27.3. The third-order valence-electron chi connectivity index (χ3n) is 14.9. The molecule has 74 heavy (non-hydrogen) atoms. The monoisotopic (exact) mass is 1030 g/mol. The number of fused-ring (bicyclic) bond motifs is 2. The first-order chi connectivity index (χ1) is 36.3. The Labute approximate surface area is 433 Å². The summed E-state index contributed by atoms with van der Waals surface area (Å²) in [6.07, 6.45) is 2.11. The molecule has 5 heterocycles. The van der Waals surface area contributed by atoms with Gasteiger partial charge in [-0.1, -0.05) is 150 Å². The van der Waals surface area contributed by atoms with Crippen molar-refractivity contribution in [3.8, 4) is 11.5 Å². The van der Waals surface area contributed by atoms with Gasteiger partial charge in [-0.3, -0.25) is 9.36 Å². The third-order valence-corrected chi connectivity index (χ3v) is 21.1. The van der Waals surface area contributed by atoms with Gasteiger partial charge in [-0.15, -0.1) is 0 Å². The maximum absolute atomic E-state index is 13.4. The lowest BCUT2D eigenvalue weighted by Crippen LogP contribution is -2.58. The topological polar surface area (TPSA) is 141 Å². The van der Waals surface area contributed by atoms with Crippen molar-refractivity contribution >= 4 is 49.9 Å². The second-order valence-corrected chi connectivity index (χ2v) is 24.7. The summed E-state index contributed by atoms with van der Waals surface area (Å²) < 4.78 is 51.7. The van der Waals surface area contributed by atoms with Gasteiger partial charge in [-0.2, -0.15) is 0 Å². The van der Waals surface area contributed by atoms with E-state index in [-0.39, 0.29) is 30.5 Å². The van der Waals surface area contributed by atoms with Crippen molar-refractivity contribution in [2.75, 3.05) is 39.8 Å². The molecule has 16 heteroatoms. The quantitative estimate of drug-likeness (QED) is 0.0498. The Morgan fingerprint density at radius 1 is 0.716 bits per heavy atom. The van der Waals surface area contributed by atoms with E-state index in [1.54, 1.807) is 39.8 Å². The fourth-order valence-corrected chi connectivity index (χ4v) is 17.0. The van der Waals surface area contributed by atoms with Gasteiger partial charge in [0.15, 0.2) is 23.2 Å². The van der Waals surface area contributed by atoms with E-state index < -0.39 is 46.7 Å². The molecule has 0 spiro atoms. The number of hydrogen-bond donors (Lipinski definition) is 1. The molecule has 0 unspecified atom stereocenters. The molecule has 0 saturated carbocycles. The van der Waals surface area contributed by atoms with Crippen molar-refractivity contribution in [2.45, 2.75) is 67.7 Å². The molecule has 14 nitrogen and oxygen atoms in total. The van der Waals surface area contributed by atoms with Gasteiger partial charge in [0, 0.05) is 25.3 Å². The van der Waals surface area contributed by atoms with E-state index in [4.69, 9.17) is 42.7 Å². The molecule has 0 radical (unpaired) electrons. The second-order valence-electron chi connectivity index (χ2n) is 19.0. The predicted octanol–water partition coefficient (Wildman–Crippen LogP) is 9.39. The van der Waals surface area contributed by atoms with Gasteiger partial charge in [0.25, 0.3) is 14.4 Å². The number of benzene rings is 6. The van der Waals surface area contributed by atoms with Crippen LogP contribution in [0.15, 0.2) is 183 Å². The lowest BCUT2D eigenvalue weighted by Gasteiger charge is -2.37. The Morgan fingerprint density at radius 2 is 1.30 bits per heavy atom. The zero-order valence-electron chi connectivity index (χ0n) is 41.8. The molecular weight excluding hydrogens is 968 g/mol. The Hall–Kier alpha value is -6.65. The fraction of sp³-hybridized carbons (Fsp3) is 0.276. The molecule has 0 aliphatic carbocycles. The van der Waals surface area contributed by atoms with Crippen LogP contribution >= 0.6 is 8.53 Å². The standard InChI is InChI=1S/C58H59N6O8PSi/c1-66-44-31-27-42(28-32-44)58(41-20-11-6-12-21-41,43-29-33-45(67-2)34-30-43)69-36-49-52(53(68-3)57(70-49)63-39-61-51-54(59-38-60-55(51)63)62-56(65)40-18-9-5-10-19-40)72-73-64-35-17-26-48(64)50(71-73)37-74(4,46-22-13-7-14-23-46)47-24-15-8-16-25-47/h5-16,18-25,27-34,38-39,48-50,52-53,57H,17,26,35-37H2,1-4H3,(H,59,60,62,65)/t48-,49+,50+,52+,53+,57+,73+/m0/s1. The second kappa shape index (κ2) is 21.7. The van der Waals surface area contributed by atoms with E-state index in [2.05, 4.69) is 94.3 Å². The van der Waals surface area contributed by atoms with Crippen molar-refractivity contribution in [2.24, 2.45) is 0 Å². The zero-order valence-corrected chi connectivity index (χ0v) is 43.7. The number of anilines is 1. The van der Waals surface area contributed by atoms with Crippen LogP contribution in [-0.4, -0.2) is 103 Å². The van der Waals surface area contributed by atoms with Crippen LogP contribution in [0.5, 0.6) is 11.5 Å². The largest absolute Gasteiger partial charge is 0.497 e. The smallest absolute Gasteiger partial charge is 0.259 e. The van der Waals surface area contributed by atoms with E-state index in [9.17, 15) is 4.79 Å². The van der Waals surface area contributed by atoms with Crippen LogP contribution < -0.4 is 25.2 Å². The Balaban J connectivity index is 0.974. The van der Waals surface area contributed by atoms with Crippen molar-refractivity contribution in [3.63, 3.8) is 0 Å². The number of ether oxygens (including phenoxy) is 5. The summed E-state index contributed by atoms with van der Waals surface area (Å²) in [5, 5.41) is 5.68.